The molecule has 2 amide bonds. The summed E-state index contributed by atoms with van der Waals surface area (Å²) in [6.07, 6.45) is 5.14. The lowest BCUT2D eigenvalue weighted by atomic mass is 10.0. The number of carbonyl (C=O) groups is 2. The molecule has 134 valence electrons. The number of piperidine rings is 1. The van der Waals surface area contributed by atoms with Gasteiger partial charge >= 0.3 is 0 Å². The summed E-state index contributed by atoms with van der Waals surface area (Å²) in [6.45, 7) is 3.30. The molecule has 0 aliphatic carbocycles. The van der Waals surface area contributed by atoms with Gasteiger partial charge in [-0.3, -0.25) is 14.6 Å². The zero-order valence-electron chi connectivity index (χ0n) is 13.1. The second kappa shape index (κ2) is 9.56. The van der Waals surface area contributed by atoms with Crippen molar-refractivity contribution in [1.29, 1.82) is 0 Å². The summed E-state index contributed by atoms with van der Waals surface area (Å²) in [4.78, 5) is 32.5. The summed E-state index contributed by atoms with van der Waals surface area (Å²) in [5.41, 5.74) is 0.585. The molecule has 1 aromatic rings. The largest absolute Gasteiger partial charge is 0.337 e. The molecule has 3 heterocycles. The number of pyridine rings is 1. The van der Waals surface area contributed by atoms with Crippen molar-refractivity contribution >= 4 is 52.6 Å². The molecule has 2 fully saturated rings. The number of nitrogens with one attached hydrogen (secondary N) is 1. The first-order valence-corrected chi connectivity index (χ1v) is 8.34. The molecule has 2 aliphatic rings. The third-order valence-electron chi connectivity index (χ3n) is 4.20. The minimum absolute atomic E-state index is 0. The van der Waals surface area contributed by atoms with Crippen LogP contribution in [0.4, 0.5) is 0 Å². The van der Waals surface area contributed by atoms with Gasteiger partial charge in [-0.05, 0) is 34.8 Å². The Morgan fingerprint density at radius 1 is 1.29 bits per heavy atom. The van der Waals surface area contributed by atoms with Crippen LogP contribution in [0, 0.1) is 0 Å². The van der Waals surface area contributed by atoms with Crippen molar-refractivity contribution in [1.82, 2.24) is 20.1 Å². The Hall–Kier alpha value is -0.890. The standard InChI is InChI=1S/C15H19BrN4O2.2ClH/c16-12-6-11(7-18-8-12)15(22)19-4-1-2-13(10-19)20-5-3-17-9-14(20)21;;/h6-8,13,17H,1-5,9-10H2;2*1H. The van der Waals surface area contributed by atoms with Gasteiger partial charge in [0.25, 0.3) is 5.91 Å². The Balaban J connectivity index is 0.00000144. The quantitative estimate of drug-likeness (QED) is 0.761. The first-order chi connectivity index (χ1) is 10.6. The highest BCUT2D eigenvalue weighted by Gasteiger charge is 2.31. The van der Waals surface area contributed by atoms with Gasteiger partial charge in [-0.25, -0.2) is 0 Å². The molecule has 1 atom stereocenters. The second-order valence-corrected chi connectivity index (χ2v) is 6.62. The maximum absolute atomic E-state index is 12.6. The number of aromatic nitrogens is 1. The second-order valence-electron chi connectivity index (χ2n) is 5.70. The Morgan fingerprint density at radius 2 is 2.08 bits per heavy atom. The predicted octanol–water partition coefficient (Wildman–Crippen LogP) is 1.72. The lowest BCUT2D eigenvalue weighted by Gasteiger charge is -2.41. The van der Waals surface area contributed by atoms with Crippen LogP contribution in [0.3, 0.4) is 0 Å². The van der Waals surface area contributed by atoms with Gasteiger partial charge in [0.2, 0.25) is 5.91 Å². The van der Waals surface area contributed by atoms with Crippen LogP contribution in [0.2, 0.25) is 0 Å². The number of amides is 2. The molecule has 6 nitrogen and oxygen atoms in total. The van der Waals surface area contributed by atoms with E-state index in [2.05, 4.69) is 26.2 Å². The zero-order valence-corrected chi connectivity index (χ0v) is 16.3. The van der Waals surface area contributed by atoms with Gasteiger partial charge in [-0.15, -0.1) is 24.8 Å². The minimum atomic E-state index is -0.0129. The van der Waals surface area contributed by atoms with E-state index in [0.717, 1.165) is 36.9 Å². The molecule has 0 spiro atoms. The molecule has 0 aromatic carbocycles. The topological polar surface area (TPSA) is 65.5 Å². The highest BCUT2D eigenvalue weighted by Crippen LogP contribution is 2.20. The maximum atomic E-state index is 12.6. The lowest BCUT2D eigenvalue weighted by molar-refractivity contribution is -0.135. The Kier molecular flexibility index (Phi) is 8.42. The summed E-state index contributed by atoms with van der Waals surface area (Å²) in [6, 6.07) is 1.92. The van der Waals surface area contributed by atoms with Gasteiger partial charge in [0.15, 0.2) is 0 Å². The first-order valence-electron chi connectivity index (χ1n) is 7.55. The van der Waals surface area contributed by atoms with E-state index in [4.69, 9.17) is 0 Å². The normalized spacial score (nSPS) is 20.9. The van der Waals surface area contributed by atoms with Crippen molar-refractivity contribution in [3.8, 4) is 0 Å². The SMILES string of the molecule is Cl.Cl.O=C(c1cncc(Br)c1)N1CCCC(N2CCNCC2=O)C1. The number of rotatable bonds is 2. The van der Waals surface area contributed by atoms with Crippen molar-refractivity contribution in [2.45, 2.75) is 18.9 Å². The molecule has 0 saturated carbocycles. The van der Waals surface area contributed by atoms with Crippen LogP contribution in [0.25, 0.3) is 0 Å². The molecular weight excluding hydrogens is 419 g/mol. The van der Waals surface area contributed by atoms with E-state index in [1.807, 2.05) is 9.80 Å². The Labute approximate surface area is 162 Å². The highest BCUT2D eigenvalue weighted by molar-refractivity contribution is 9.10. The van der Waals surface area contributed by atoms with E-state index in [0.29, 0.717) is 18.7 Å². The summed E-state index contributed by atoms with van der Waals surface area (Å²) in [5.74, 6) is 0.121. The minimum Gasteiger partial charge on any atom is -0.337 e. The van der Waals surface area contributed by atoms with E-state index in [1.165, 1.54) is 0 Å². The summed E-state index contributed by atoms with van der Waals surface area (Å²) in [5, 5.41) is 3.08. The molecule has 3 rings (SSSR count). The van der Waals surface area contributed by atoms with Crippen LogP contribution in [0.5, 0.6) is 0 Å². The van der Waals surface area contributed by atoms with E-state index in [-0.39, 0.29) is 42.7 Å². The average Bonchev–Trinajstić information content (AvgIpc) is 2.55. The van der Waals surface area contributed by atoms with Crippen molar-refractivity contribution < 1.29 is 9.59 Å². The molecule has 2 aliphatic heterocycles. The Morgan fingerprint density at radius 3 is 2.79 bits per heavy atom. The number of halogens is 3. The van der Waals surface area contributed by atoms with Crippen molar-refractivity contribution in [3.05, 3.63) is 28.5 Å². The fraction of sp³-hybridized carbons (Fsp3) is 0.533. The summed E-state index contributed by atoms with van der Waals surface area (Å²) < 4.78 is 0.796. The molecule has 9 heteroatoms. The maximum Gasteiger partial charge on any atom is 0.255 e. The molecule has 1 unspecified atom stereocenters. The van der Waals surface area contributed by atoms with Gasteiger partial charge in [-0.2, -0.15) is 0 Å². The third kappa shape index (κ3) is 4.81. The smallest absolute Gasteiger partial charge is 0.255 e. The molecule has 1 N–H and O–H groups in total. The fourth-order valence-electron chi connectivity index (χ4n) is 3.11. The molecule has 0 bridgehead atoms. The van der Waals surface area contributed by atoms with Gasteiger partial charge in [0.05, 0.1) is 12.1 Å². The molecule has 24 heavy (non-hydrogen) atoms. The van der Waals surface area contributed by atoms with Crippen LogP contribution in [-0.4, -0.2) is 65.4 Å². The Bertz CT molecular complexity index is 590. The molecule has 1 aromatic heterocycles. The monoisotopic (exact) mass is 438 g/mol. The van der Waals surface area contributed by atoms with Gasteiger partial charge in [0.1, 0.15) is 0 Å². The molecule has 0 radical (unpaired) electrons. The number of nitrogens with zero attached hydrogens (tertiary/aromatic N) is 3. The van der Waals surface area contributed by atoms with E-state index < -0.39 is 0 Å². The average molecular weight is 440 g/mol. The summed E-state index contributed by atoms with van der Waals surface area (Å²) >= 11 is 3.34. The van der Waals surface area contributed by atoms with E-state index >= 15 is 0 Å². The zero-order chi connectivity index (χ0) is 15.5. The van der Waals surface area contributed by atoms with E-state index in [1.54, 1.807) is 18.5 Å². The number of carbonyl (C=O) groups excluding carboxylic acids is 2. The lowest BCUT2D eigenvalue weighted by Crippen LogP contribution is -2.57. The third-order valence-corrected chi connectivity index (χ3v) is 4.64. The fourth-order valence-corrected chi connectivity index (χ4v) is 3.48. The number of hydrogen-bond acceptors (Lipinski definition) is 4. The number of piperazine rings is 1. The van der Waals surface area contributed by atoms with Crippen LogP contribution >= 0.6 is 40.7 Å². The van der Waals surface area contributed by atoms with Crippen LogP contribution in [0.15, 0.2) is 22.9 Å². The van der Waals surface area contributed by atoms with E-state index in [9.17, 15) is 9.59 Å². The predicted molar refractivity (Wildman–Crippen MR) is 99.9 cm³/mol. The van der Waals surface area contributed by atoms with Crippen molar-refractivity contribution in [3.63, 3.8) is 0 Å². The molecule has 2 saturated heterocycles. The number of likely N-dealkylation sites (tertiary alicyclic amines) is 1. The molecular formula is C15H21BrCl2N4O2. The number of hydrogen-bond donors (Lipinski definition) is 1. The van der Waals surface area contributed by atoms with Crippen molar-refractivity contribution in [2.75, 3.05) is 32.7 Å². The van der Waals surface area contributed by atoms with Crippen LogP contribution < -0.4 is 5.32 Å². The van der Waals surface area contributed by atoms with Gasteiger partial charge in [0, 0.05) is 49.1 Å². The first kappa shape index (κ1) is 21.2. The van der Waals surface area contributed by atoms with Gasteiger partial charge in [-0.1, -0.05) is 0 Å². The van der Waals surface area contributed by atoms with Crippen molar-refractivity contribution in [2.24, 2.45) is 0 Å². The van der Waals surface area contributed by atoms with Crippen LogP contribution in [0.1, 0.15) is 23.2 Å². The summed E-state index contributed by atoms with van der Waals surface area (Å²) in [7, 11) is 0. The van der Waals surface area contributed by atoms with Crippen LogP contribution in [-0.2, 0) is 4.79 Å². The van der Waals surface area contributed by atoms with Gasteiger partial charge < -0.3 is 15.1 Å². The highest BCUT2D eigenvalue weighted by atomic mass is 79.9.